The normalized spacial score (nSPS) is 17.8. The number of nitrogens with zero attached hydrogens (tertiary/aromatic N) is 3. The van der Waals surface area contributed by atoms with Crippen LogP contribution in [0.15, 0.2) is 36.7 Å². The summed E-state index contributed by atoms with van der Waals surface area (Å²) in [4.78, 5) is 19.0. The third-order valence-corrected chi connectivity index (χ3v) is 4.82. The van der Waals surface area contributed by atoms with E-state index in [2.05, 4.69) is 23.4 Å². The van der Waals surface area contributed by atoms with E-state index in [1.54, 1.807) is 24.3 Å². The second-order valence-corrected chi connectivity index (χ2v) is 7.14. The predicted octanol–water partition coefficient (Wildman–Crippen LogP) is 3.90. The van der Waals surface area contributed by atoms with Gasteiger partial charge in [-0.2, -0.15) is 0 Å². The Hall–Kier alpha value is -2.01. The zero-order valence-electron chi connectivity index (χ0n) is 14.7. The number of aromatic nitrogens is 2. The summed E-state index contributed by atoms with van der Waals surface area (Å²) < 4.78 is 7.79. The van der Waals surface area contributed by atoms with Crippen LogP contribution < -0.4 is 4.74 Å². The monoisotopic (exact) mass is 361 g/mol. The summed E-state index contributed by atoms with van der Waals surface area (Å²) in [6, 6.07) is 7.42. The molecule has 1 aliphatic heterocycles. The van der Waals surface area contributed by atoms with Gasteiger partial charge in [-0.05, 0) is 51.0 Å². The Balaban J connectivity index is 1.59. The third kappa shape index (κ3) is 4.34. The van der Waals surface area contributed by atoms with Crippen molar-refractivity contribution in [2.45, 2.75) is 38.6 Å². The van der Waals surface area contributed by atoms with E-state index in [0.29, 0.717) is 23.4 Å². The van der Waals surface area contributed by atoms with Crippen LogP contribution in [0.4, 0.5) is 0 Å². The molecular formula is C19H24ClN3O2. The molecule has 0 spiro atoms. The molecule has 0 saturated carbocycles. The van der Waals surface area contributed by atoms with E-state index in [1.807, 2.05) is 17.3 Å². The molecule has 5 nitrogen and oxygen atoms in total. The zero-order chi connectivity index (χ0) is 17.8. The van der Waals surface area contributed by atoms with Gasteiger partial charge in [0.05, 0.1) is 0 Å². The summed E-state index contributed by atoms with van der Waals surface area (Å²) in [5.74, 6) is 2.03. The molecule has 25 heavy (non-hydrogen) atoms. The van der Waals surface area contributed by atoms with Crippen LogP contribution in [0.2, 0.25) is 5.02 Å². The number of ether oxygens (including phenoxy) is 1. The van der Waals surface area contributed by atoms with Crippen LogP contribution in [0, 0.1) is 0 Å². The lowest BCUT2D eigenvalue weighted by atomic mass is 9.97. The molecule has 1 atom stereocenters. The Morgan fingerprint density at radius 1 is 1.36 bits per heavy atom. The first-order valence-electron chi connectivity index (χ1n) is 8.73. The maximum atomic E-state index is 12.5. The van der Waals surface area contributed by atoms with Crippen LogP contribution in [0.5, 0.6) is 5.75 Å². The molecule has 1 saturated heterocycles. The topological polar surface area (TPSA) is 47.4 Å². The zero-order valence-corrected chi connectivity index (χ0v) is 15.4. The summed E-state index contributed by atoms with van der Waals surface area (Å²) in [6.45, 7) is 5.83. The van der Waals surface area contributed by atoms with E-state index >= 15 is 0 Å². The van der Waals surface area contributed by atoms with Crippen molar-refractivity contribution in [3.63, 3.8) is 0 Å². The number of likely N-dealkylation sites (tertiary alicyclic amines) is 1. The lowest BCUT2D eigenvalue weighted by Crippen LogP contribution is -2.42. The van der Waals surface area contributed by atoms with E-state index in [0.717, 1.165) is 25.2 Å². The van der Waals surface area contributed by atoms with Gasteiger partial charge >= 0.3 is 0 Å². The molecule has 0 radical (unpaired) electrons. The molecular weight excluding hydrogens is 338 g/mol. The molecule has 1 aromatic heterocycles. The molecule has 3 rings (SSSR count). The predicted molar refractivity (Wildman–Crippen MR) is 98.1 cm³/mol. The van der Waals surface area contributed by atoms with Gasteiger partial charge in [0, 0.05) is 42.5 Å². The molecule has 1 aliphatic rings. The quantitative estimate of drug-likeness (QED) is 0.811. The van der Waals surface area contributed by atoms with Crippen molar-refractivity contribution in [2.75, 3.05) is 19.7 Å². The van der Waals surface area contributed by atoms with E-state index in [4.69, 9.17) is 16.3 Å². The molecule has 0 N–H and O–H groups in total. The van der Waals surface area contributed by atoms with Gasteiger partial charge in [-0.3, -0.25) is 4.79 Å². The first-order valence-corrected chi connectivity index (χ1v) is 9.11. The van der Waals surface area contributed by atoms with Crippen molar-refractivity contribution in [2.24, 2.45) is 0 Å². The fraction of sp³-hybridized carbons (Fsp3) is 0.474. The van der Waals surface area contributed by atoms with Crippen molar-refractivity contribution in [1.29, 1.82) is 0 Å². The number of carbonyl (C=O) groups excluding carboxylic acids is 1. The summed E-state index contributed by atoms with van der Waals surface area (Å²) in [5, 5.41) is 0.651. The van der Waals surface area contributed by atoms with Crippen LogP contribution in [-0.4, -0.2) is 40.1 Å². The highest BCUT2D eigenvalue weighted by Gasteiger charge is 2.28. The molecule has 134 valence electrons. The fourth-order valence-corrected chi connectivity index (χ4v) is 3.39. The van der Waals surface area contributed by atoms with Gasteiger partial charge in [-0.1, -0.05) is 11.6 Å². The smallest absolute Gasteiger partial charge is 0.260 e. The fourth-order valence-electron chi connectivity index (χ4n) is 3.26. The molecule has 6 heteroatoms. The molecule has 0 bridgehead atoms. The Morgan fingerprint density at radius 2 is 2.12 bits per heavy atom. The third-order valence-electron chi connectivity index (χ3n) is 4.57. The van der Waals surface area contributed by atoms with Crippen molar-refractivity contribution in [3.05, 3.63) is 47.5 Å². The number of amides is 1. The van der Waals surface area contributed by atoms with Gasteiger partial charge in [-0.25, -0.2) is 4.98 Å². The van der Waals surface area contributed by atoms with Gasteiger partial charge < -0.3 is 14.2 Å². The summed E-state index contributed by atoms with van der Waals surface area (Å²) in [7, 11) is 0. The first kappa shape index (κ1) is 17.8. The van der Waals surface area contributed by atoms with E-state index in [1.165, 1.54) is 0 Å². The number of rotatable bonds is 5. The Kier molecular flexibility index (Phi) is 5.63. The second kappa shape index (κ2) is 7.91. The van der Waals surface area contributed by atoms with Crippen molar-refractivity contribution in [3.8, 4) is 5.75 Å². The van der Waals surface area contributed by atoms with E-state index < -0.39 is 0 Å². The summed E-state index contributed by atoms with van der Waals surface area (Å²) >= 11 is 5.86. The second-order valence-electron chi connectivity index (χ2n) is 6.71. The van der Waals surface area contributed by atoms with Crippen LogP contribution in [0.1, 0.15) is 44.5 Å². The maximum Gasteiger partial charge on any atom is 0.260 e. The number of carbonyl (C=O) groups is 1. The highest BCUT2D eigenvalue weighted by Crippen LogP contribution is 2.27. The van der Waals surface area contributed by atoms with Crippen molar-refractivity contribution >= 4 is 17.5 Å². The standard InChI is InChI=1S/C19H24ClN3O2/c1-14(2)23-11-9-21-19(23)15-4-3-10-22(12-15)18(24)13-25-17-7-5-16(20)6-8-17/h5-9,11,14-15H,3-4,10,12-13H2,1-2H3. The first-order chi connectivity index (χ1) is 12.0. The van der Waals surface area contributed by atoms with Crippen molar-refractivity contribution < 1.29 is 9.53 Å². The molecule has 1 unspecified atom stereocenters. The van der Waals surface area contributed by atoms with Crippen LogP contribution in [0.3, 0.4) is 0 Å². The minimum atomic E-state index is 0.0160. The number of halogens is 1. The van der Waals surface area contributed by atoms with Gasteiger partial charge in [0.1, 0.15) is 11.6 Å². The van der Waals surface area contributed by atoms with Crippen LogP contribution >= 0.6 is 11.6 Å². The largest absolute Gasteiger partial charge is 0.484 e. The minimum absolute atomic E-state index is 0.0160. The number of benzene rings is 1. The summed E-state index contributed by atoms with van der Waals surface area (Å²) in [5.41, 5.74) is 0. The Morgan fingerprint density at radius 3 is 2.84 bits per heavy atom. The van der Waals surface area contributed by atoms with Gasteiger partial charge in [0.15, 0.2) is 6.61 Å². The number of piperidine rings is 1. The Labute approximate surface area is 153 Å². The lowest BCUT2D eigenvalue weighted by molar-refractivity contribution is -0.134. The lowest BCUT2D eigenvalue weighted by Gasteiger charge is -2.33. The average Bonchev–Trinajstić information content (AvgIpc) is 3.11. The minimum Gasteiger partial charge on any atom is -0.484 e. The molecule has 1 amide bonds. The molecule has 1 aromatic carbocycles. The van der Waals surface area contributed by atoms with E-state index in [-0.39, 0.29) is 18.4 Å². The number of hydrogen-bond acceptors (Lipinski definition) is 3. The molecule has 2 heterocycles. The summed E-state index contributed by atoms with van der Waals surface area (Å²) in [6.07, 6.45) is 5.91. The van der Waals surface area contributed by atoms with Gasteiger partial charge in [0.2, 0.25) is 0 Å². The molecule has 1 fully saturated rings. The molecule has 0 aliphatic carbocycles. The number of imidazole rings is 1. The van der Waals surface area contributed by atoms with Crippen LogP contribution in [-0.2, 0) is 4.79 Å². The Bertz CT molecular complexity index is 712. The highest BCUT2D eigenvalue weighted by molar-refractivity contribution is 6.30. The van der Waals surface area contributed by atoms with Gasteiger partial charge in [0.25, 0.3) is 5.91 Å². The number of hydrogen-bond donors (Lipinski definition) is 0. The van der Waals surface area contributed by atoms with Crippen LogP contribution in [0.25, 0.3) is 0 Å². The van der Waals surface area contributed by atoms with Crippen molar-refractivity contribution in [1.82, 2.24) is 14.5 Å². The maximum absolute atomic E-state index is 12.5. The van der Waals surface area contributed by atoms with Gasteiger partial charge in [-0.15, -0.1) is 0 Å². The molecule has 2 aromatic rings. The highest BCUT2D eigenvalue weighted by atomic mass is 35.5. The van der Waals surface area contributed by atoms with E-state index in [9.17, 15) is 4.79 Å². The average molecular weight is 362 g/mol. The SMILES string of the molecule is CC(C)n1ccnc1C1CCCN(C(=O)COc2ccc(Cl)cc2)C1.